The van der Waals surface area contributed by atoms with Crippen molar-refractivity contribution in [3.63, 3.8) is 0 Å². The maximum absolute atomic E-state index is 12.0. The molecule has 0 saturated carbocycles. The molecule has 22 heavy (non-hydrogen) atoms. The number of hydrogen-bond acceptors (Lipinski definition) is 5. The summed E-state index contributed by atoms with van der Waals surface area (Å²) < 4.78 is 0. The lowest BCUT2D eigenvalue weighted by molar-refractivity contribution is -0.384. The molecule has 1 saturated heterocycles. The number of halogens is 1. The first-order valence-electron chi connectivity index (χ1n) is 6.79. The van der Waals surface area contributed by atoms with Crippen molar-refractivity contribution in [1.29, 1.82) is 0 Å². The van der Waals surface area contributed by atoms with Crippen molar-refractivity contribution in [2.24, 2.45) is 0 Å². The number of carbonyl (C=O) groups is 1. The molecular weight excluding hydrogens is 326 g/mol. The summed E-state index contributed by atoms with van der Waals surface area (Å²) in [6, 6.07) is 6.56. The van der Waals surface area contributed by atoms with Crippen LogP contribution >= 0.6 is 24.2 Å². The van der Waals surface area contributed by atoms with Crippen molar-refractivity contribution < 1.29 is 9.72 Å². The molecule has 1 amide bonds. The van der Waals surface area contributed by atoms with Gasteiger partial charge in [0.1, 0.15) is 5.37 Å². The van der Waals surface area contributed by atoms with E-state index >= 15 is 0 Å². The van der Waals surface area contributed by atoms with Crippen LogP contribution in [0.2, 0.25) is 0 Å². The first kappa shape index (κ1) is 18.7. The zero-order valence-electron chi connectivity index (χ0n) is 12.6. The Kier molecular flexibility index (Phi) is 7.12. The summed E-state index contributed by atoms with van der Waals surface area (Å²) in [5, 5.41) is 10.8. The fourth-order valence-corrected chi connectivity index (χ4v) is 3.53. The maximum Gasteiger partial charge on any atom is 0.269 e. The van der Waals surface area contributed by atoms with Gasteiger partial charge in [-0.25, -0.2) is 0 Å². The van der Waals surface area contributed by atoms with Gasteiger partial charge in [-0.05, 0) is 32.6 Å². The molecule has 0 radical (unpaired) electrons. The van der Waals surface area contributed by atoms with E-state index in [0.717, 1.165) is 18.5 Å². The molecule has 2 rings (SSSR count). The standard InChI is InChI=1S/C14H19N3O3S.ClH/c1-15(2)7-4-8-16-13(18)10-21-14(16)11-5-3-6-12(9-11)17(19)20;/h3,5-6,9,14H,4,7-8,10H2,1-2H3;1H. The van der Waals surface area contributed by atoms with Gasteiger partial charge in [-0.1, -0.05) is 12.1 Å². The number of thioether (sulfide) groups is 1. The molecule has 1 fully saturated rings. The van der Waals surface area contributed by atoms with E-state index in [1.807, 2.05) is 25.1 Å². The van der Waals surface area contributed by atoms with Crippen LogP contribution in [-0.4, -0.2) is 53.6 Å². The van der Waals surface area contributed by atoms with Gasteiger partial charge in [0.05, 0.1) is 10.7 Å². The van der Waals surface area contributed by atoms with E-state index in [4.69, 9.17) is 0 Å². The highest BCUT2D eigenvalue weighted by atomic mass is 35.5. The molecule has 1 atom stereocenters. The van der Waals surface area contributed by atoms with Crippen LogP contribution in [0.4, 0.5) is 5.69 Å². The molecule has 1 heterocycles. The third-order valence-electron chi connectivity index (χ3n) is 3.34. The molecule has 1 unspecified atom stereocenters. The molecule has 1 aliphatic rings. The summed E-state index contributed by atoms with van der Waals surface area (Å²) in [6.07, 6.45) is 0.894. The van der Waals surface area contributed by atoms with Gasteiger partial charge >= 0.3 is 0 Å². The number of carbonyl (C=O) groups excluding carboxylic acids is 1. The van der Waals surface area contributed by atoms with Crippen LogP contribution in [-0.2, 0) is 4.79 Å². The van der Waals surface area contributed by atoms with E-state index in [1.54, 1.807) is 12.1 Å². The zero-order valence-corrected chi connectivity index (χ0v) is 14.2. The second-order valence-electron chi connectivity index (χ2n) is 5.26. The van der Waals surface area contributed by atoms with Crippen molar-refractivity contribution in [3.05, 3.63) is 39.9 Å². The van der Waals surface area contributed by atoms with Crippen LogP contribution in [0.3, 0.4) is 0 Å². The van der Waals surface area contributed by atoms with Gasteiger partial charge in [0, 0.05) is 18.7 Å². The van der Waals surface area contributed by atoms with Crippen molar-refractivity contribution >= 4 is 35.8 Å². The molecule has 0 aliphatic carbocycles. The van der Waals surface area contributed by atoms with Crippen LogP contribution in [0.15, 0.2) is 24.3 Å². The zero-order chi connectivity index (χ0) is 15.4. The average molecular weight is 346 g/mol. The molecular formula is C14H20ClN3O3S. The number of non-ortho nitro benzene ring substituents is 1. The van der Waals surface area contributed by atoms with Gasteiger partial charge in [-0.3, -0.25) is 14.9 Å². The second-order valence-corrected chi connectivity index (χ2v) is 6.33. The van der Waals surface area contributed by atoms with Crippen molar-refractivity contribution in [2.75, 3.05) is 32.9 Å². The van der Waals surface area contributed by atoms with Crippen LogP contribution < -0.4 is 0 Å². The van der Waals surface area contributed by atoms with E-state index in [2.05, 4.69) is 4.90 Å². The minimum atomic E-state index is -0.401. The molecule has 122 valence electrons. The van der Waals surface area contributed by atoms with Crippen molar-refractivity contribution in [2.45, 2.75) is 11.8 Å². The fraction of sp³-hybridized carbons (Fsp3) is 0.500. The summed E-state index contributed by atoms with van der Waals surface area (Å²) in [5.41, 5.74) is 0.894. The largest absolute Gasteiger partial charge is 0.326 e. The summed E-state index contributed by atoms with van der Waals surface area (Å²) in [5.74, 6) is 0.547. The van der Waals surface area contributed by atoms with Gasteiger partial charge in [0.25, 0.3) is 5.69 Å². The third kappa shape index (κ3) is 4.59. The second kappa shape index (κ2) is 8.36. The molecule has 8 heteroatoms. The Balaban J connectivity index is 0.00000242. The van der Waals surface area contributed by atoms with Gasteiger partial charge in [-0.15, -0.1) is 24.2 Å². The lowest BCUT2D eigenvalue weighted by Gasteiger charge is -2.24. The smallest absolute Gasteiger partial charge is 0.269 e. The van der Waals surface area contributed by atoms with Crippen molar-refractivity contribution in [3.8, 4) is 0 Å². The molecule has 1 aliphatic heterocycles. The predicted molar refractivity (Wildman–Crippen MR) is 90.4 cm³/mol. The number of rotatable bonds is 6. The predicted octanol–water partition coefficient (Wildman–Crippen LogP) is 2.54. The Labute approximate surface area is 140 Å². The summed E-state index contributed by atoms with van der Waals surface area (Å²) in [7, 11) is 4.00. The Morgan fingerprint density at radius 1 is 1.45 bits per heavy atom. The van der Waals surface area contributed by atoms with Gasteiger partial charge in [0.15, 0.2) is 0 Å². The number of amides is 1. The van der Waals surface area contributed by atoms with E-state index in [1.165, 1.54) is 17.8 Å². The fourth-order valence-electron chi connectivity index (χ4n) is 2.32. The highest BCUT2D eigenvalue weighted by Gasteiger charge is 2.32. The summed E-state index contributed by atoms with van der Waals surface area (Å²) >= 11 is 1.53. The summed E-state index contributed by atoms with van der Waals surface area (Å²) in [4.78, 5) is 26.4. The number of nitro groups is 1. The molecule has 0 aromatic heterocycles. The maximum atomic E-state index is 12.0. The molecule has 1 aromatic carbocycles. The van der Waals surface area contributed by atoms with Crippen LogP contribution in [0.25, 0.3) is 0 Å². The topological polar surface area (TPSA) is 66.7 Å². The first-order valence-corrected chi connectivity index (χ1v) is 7.84. The van der Waals surface area contributed by atoms with Gasteiger partial charge < -0.3 is 9.80 Å². The minimum Gasteiger partial charge on any atom is -0.326 e. The molecule has 0 bridgehead atoms. The monoisotopic (exact) mass is 345 g/mol. The summed E-state index contributed by atoms with van der Waals surface area (Å²) in [6.45, 7) is 1.59. The number of hydrogen-bond donors (Lipinski definition) is 0. The number of benzene rings is 1. The molecule has 1 aromatic rings. The van der Waals surface area contributed by atoms with Crippen LogP contribution in [0.5, 0.6) is 0 Å². The Hall–Kier alpha value is -1.31. The number of nitrogens with zero attached hydrogens (tertiary/aromatic N) is 3. The highest BCUT2D eigenvalue weighted by Crippen LogP contribution is 2.39. The Bertz CT molecular complexity index is 542. The van der Waals surface area contributed by atoms with E-state index in [0.29, 0.717) is 12.3 Å². The Morgan fingerprint density at radius 2 is 2.18 bits per heavy atom. The van der Waals surface area contributed by atoms with Gasteiger partial charge in [0.2, 0.25) is 5.91 Å². The normalized spacial score (nSPS) is 17.7. The van der Waals surface area contributed by atoms with E-state index in [-0.39, 0.29) is 29.4 Å². The lowest BCUT2D eigenvalue weighted by atomic mass is 10.2. The van der Waals surface area contributed by atoms with Gasteiger partial charge in [-0.2, -0.15) is 0 Å². The van der Waals surface area contributed by atoms with Crippen LogP contribution in [0, 0.1) is 10.1 Å². The molecule has 0 spiro atoms. The quantitative estimate of drug-likeness (QED) is 0.585. The molecule has 6 nitrogen and oxygen atoms in total. The van der Waals surface area contributed by atoms with E-state index in [9.17, 15) is 14.9 Å². The van der Waals surface area contributed by atoms with Crippen LogP contribution in [0.1, 0.15) is 17.4 Å². The number of nitro benzene ring substituents is 1. The first-order chi connectivity index (χ1) is 9.99. The SMILES string of the molecule is CN(C)CCCN1C(=O)CSC1c1cccc([N+](=O)[O-])c1.Cl. The van der Waals surface area contributed by atoms with E-state index < -0.39 is 4.92 Å². The third-order valence-corrected chi connectivity index (χ3v) is 4.59. The lowest BCUT2D eigenvalue weighted by Crippen LogP contribution is -2.31. The average Bonchev–Trinajstić information content (AvgIpc) is 2.80. The Morgan fingerprint density at radius 3 is 2.82 bits per heavy atom. The highest BCUT2D eigenvalue weighted by molar-refractivity contribution is 8.00. The van der Waals surface area contributed by atoms with Crippen molar-refractivity contribution in [1.82, 2.24) is 9.80 Å². The molecule has 0 N–H and O–H groups in total. The minimum absolute atomic E-state index is 0.